The lowest BCUT2D eigenvalue weighted by Crippen LogP contribution is -2.44. The molecule has 7 heteroatoms. The van der Waals surface area contributed by atoms with Gasteiger partial charge in [-0.25, -0.2) is 8.42 Å². The van der Waals surface area contributed by atoms with E-state index in [0.29, 0.717) is 31.3 Å². The summed E-state index contributed by atoms with van der Waals surface area (Å²) in [4.78, 5) is 14.2. The quantitative estimate of drug-likeness (QED) is 0.837. The molecule has 23 heavy (non-hydrogen) atoms. The first kappa shape index (κ1) is 16.1. The van der Waals surface area contributed by atoms with Crippen LogP contribution in [0.5, 0.6) is 11.5 Å². The van der Waals surface area contributed by atoms with Gasteiger partial charge in [-0.1, -0.05) is 0 Å². The summed E-state index contributed by atoms with van der Waals surface area (Å²) in [5.74, 6) is 0.117. The maximum atomic E-state index is 12.5. The van der Waals surface area contributed by atoms with Gasteiger partial charge >= 0.3 is 0 Å². The molecule has 0 spiro atoms. The van der Waals surface area contributed by atoms with Crippen molar-refractivity contribution in [3.05, 3.63) is 18.2 Å². The van der Waals surface area contributed by atoms with E-state index in [1.165, 1.54) is 12.1 Å². The number of rotatable bonds is 3. The summed E-state index contributed by atoms with van der Waals surface area (Å²) in [6.07, 6.45) is 2.94. The van der Waals surface area contributed by atoms with Crippen LogP contribution < -0.4 is 9.47 Å². The second-order valence-electron chi connectivity index (χ2n) is 6.00. The first-order chi connectivity index (χ1) is 11.0. The number of piperidine rings is 1. The second kappa shape index (κ2) is 6.39. The van der Waals surface area contributed by atoms with Gasteiger partial charge in [-0.2, -0.15) is 0 Å². The van der Waals surface area contributed by atoms with Gasteiger partial charge in [-0.15, -0.1) is 0 Å². The summed E-state index contributed by atoms with van der Waals surface area (Å²) in [5, 5.41) is 0. The van der Waals surface area contributed by atoms with Crippen molar-refractivity contribution in [2.24, 2.45) is 0 Å². The maximum Gasteiger partial charge on any atom is 0.238 e. The van der Waals surface area contributed by atoms with Gasteiger partial charge in [0.05, 0.1) is 4.90 Å². The molecule has 1 aromatic carbocycles. The predicted molar refractivity (Wildman–Crippen MR) is 84.5 cm³/mol. The number of benzene rings is 1. The third kappa shape index (κ3) is 3.44. The fraction of sp³-hybridized carbons (Fsp3) is 0.562. The van der Waals surface area contributed by atoms with Gasteiger partial charge in [0, 0.05) is 18.7 Å². The Morgan fingerprint density at radius 3 is 2.70 bits per heavy atom. The first-order valence-electron chi connectivity index (χ1n) is 7.89. The number of hydrogen-bond donors (Lipinski definition) is 0. The molecule has 1 saturated heterocycles. The molecular formula is C16H21NO5S. The van der Waals surface area contributed by atoms with Gasteiger partial charge in [-0.05, 0) is 38.3 Å². The Morgan fingerprint density at radius 1 is 1.22 bits per heavy atom. The number of hydrogen-bond acceptors (Lipinski definition) is 5. The maximum absolute atomic E-state index is 12.5. The minimum Gasteiger partial charge on any atom is -0.486 e. The monoisotopic (exact) mass is 339 g/mol. The van der Waals surface area contributed by atoms with Crippen LogP contribution in [-0.4, -0.2) is 50.8 Å². The Bertz CT molecular complexity index is 700. The number of amides is 1. The number of likely N-dealkylation sites (tertiary alicyclic amines) is 1. The molecule has 0 bridgehead atoms. The summed E-state index contributed by atoms with van der Waals surface area (Å²) in [5.41, 5.74) is 0. The van der Waals surface area contributed by atoms with Crippen LogP contribution in [0.15, 0.2) is 23.1 Å². The highest BCUT2D eigenvalue weighted by atomic mass is 32.2. The summed E-state index contributed by atoms with van der Waals surface area (Å²) < 4.78 is 35.9. The molecule has 0 aliphatic carbocycles. The number of carbonyl (C=O) groups excluding carboxylic acids is 1. The van der Waals surface area contributed by atoms with Gasteiger partial charge in [0.25, 0.3) is 0 Å². The van der Waals surface area contributed by atoms with E-state index < -0.39 is 15.6 Å². The zero-order valence-corrected chi connectivity index (χ0v) is 14.0. The predicted octanol–water partition coefficient (Wildman–Crippen LogP) is 1.63. The molecule has 0 N–H and O–H groups in total. The van der Waals surface area contributed by atoms with Crippen LogP contribution in [-0.2, 0) is 14.6 Å². The molecule has 0 unspecified atom stereocenters. The number of sulfone groups is 1. The van der Waals surface area contributed by atoms with Crippen molar-refractivity contribution in [1.29, 1.82) is 0 Å². The highest BCUT2D eigenvalue weighted by Crippen LogP contribution is 2.32. The van der Waals surface area contributed by atoms with Crippen LogP contribution in [0.3, 0.4) is 0 Å². The molecule has 1 fully saturated rings. The summed E-state index contributed by atoms with van der Waals surface area (Å²) in [6.45, 7) is 3.44. The van der Waals surface area contributed by atoms with Crippen molar-refractivity contribution in [1.82, 2.24) is 4.90 Å². The number of ether oxygens (including phenoxy) is 2. The van der Waals surface area contributed by atoms with E-state index in [9.17, 15) is 13.2 Å². The van der Waals surface area contributed by atoms with Crippen molar-refractivity contribution in [2.45, 2.75) is 37.1 Å². The lowest BCUT2D eigenvalue weighted by atomic mass is 10.0. The van der Waals surface area contributed by atoms with E-state index in [-0.39, 0.29) is 16.8 Å². The Labute approximate surface area is 136 Å². The fourth-order valence-electron chi connectivity index (χ4n) is 3.01. The molecule has 2 aliphatic rings. The second-order valence-corrected chi connectivity index (χ2v) is 7.99. The van der Waals surface area contributed by atoms with Crippen LogP contribution in [0, 0.1) is 0 Å². The Hall–Kier alpha value is -1.76. The molecule has 0 saturated carbocycles. The third-order valence-corrected chi connectivity index (χ3v) is 5.91. The van der Waals surface area contributed by atoms with Gasteiger partial charge in [0.15, 0.2) is 21.3 Å². The molecule has 2 heterocycles. The van der Waals surface area contributed by atoms with Crippen LogP contribution in [0.2, 0.25) is 0 Å². The lowest BCUT2D eigenvalue weighted by molar-refractivity contribution is -0.131. The molecule has 1 aromatic rings. The average Bonchev–Trinajstić information content (AvgIpc) is 2.54. The minimum absolute atomic E-state index is 0.0970. The SMILES string of the molecule is C[C@H]1CCCCN1C(=O)CS(=O)(=O)c1ccc2c(c1)OCCO2. The zero-order chi connectivity index (χ0) is 16.4. The number of nitrogens with zero attached hydrogens (tertiary/aromatic N) is 1. The smallest absolute Gasteiger partial charge is 0.238 e. The Morgan fingerprint density at radius 2 is 1.96 bits per heavy atom. The highest BCUT2D eigenvalue weighted by molar-refractivity contribution is 7.92. The van der Waals surface area contributed by atoms with Crippen LogP contribution >= 0.6 is 0 Å². The molecule has 0 aromatic heterocycles. The largest absolute Gasteiger partial charge is 0.486 e. The van der Waals surface area contributed by atoms with Crippen molar-refractivity contribution in [3.8, 4) is 11.5 Å². The zero-order valence-electron chi connectivity index (χ0n) is 13.2. The van der Waals surface area contributed by atoms with Gasteiger partial charge in [0.1, 0.15) is 19.0 Å². The van der Waals surface area contributed by atoms with Gasteiger partial charge in [0.2, 0.25) is 5.91 Å². The van der Waals surface area contributed by atoms with E-state index in [0.717, 1.165) is 19.3 Å². The first-order valence-corrected chi connectivity index (χ1v) is 9.54. The van der Waals surface area contributed by atoms with Crippen molar-refractivity contribution in [2.75, 3.05) is 25.5 Å². The Kier molecular flexibility index (Phi) is 4.48. The van der Waals surface area contributed by atoms with Crippen LogP contribution in [0.25, 0.3) is 0 Å². The topological polar surface area (TPSA) is 72.9 Å². The van der Waals surface area contributed by atoms with E-state index in [2.05, 4.69) is 0 Å². The minimum atomic E-state index is -3.69. The highest BCUT2D eigenvalue weighted by Gasteiger charge is 2.29. The standard InChI is InChI=1S/C16H21NO5S/c1-12-4-2-3-7-17(12)16(18)11-23(19,20)13-5-6-14-15(10-13)22-9-8-21-14/h5-6,10,12H,2-4,7-9,11H2,1H3/t12-/m0/s1. The molecule has 6 nitrogen and oxygen atoms in total. The normalized spacial score (nSPS) is 21.1. The number of fused-ring (bicyclic) bond motifs is 1. The number of carbonyl (C=O) groups is 1. The van der Waals surface area contributed by atoms with Gasteiger partial charge in [-0.3, -0.25) is 4.79 Å². The summed E-state index contributed by atoms with van der Waals surface area (Å²) in [6, 6.07) is 4.59. The van der Waals surface area contributed by atoms with Crippen molar-refractivity contribution in [3.63, 3.8) is 0 Å². The molecule has 126 valence electrons. The molecule has 2 aliphatic heterocycles. The molecule has 1 atom stereocenters. The van der Waals surface area contributed by atoms with Crippen molar-refractivity contribution < 1.29 is 22.7 Å². The van der Waals surface area contributed by atoms with E-state index in [4.69, 9.17) is 9.47 Å². The van der Waals surface area contributed by atoms with Crippen molar-refractivity contribution >= 4 is 15.7 Å². The fourth-order valence-corrected chi connectivity index (χ4v) is 4.23. The molecule has 3 rings (SSSR count). The third-order valence-electron chi connectivity index (χ3n) is 4.31. The summed E-state index contributed by atoms with van der Waals surface area (Å²) in [7, 11) is -3.69. The molecule has 1 amide bonds. The van der Waals surface area contributed by atoms with E-state index in [1.54, 1.807) is 11.0 Å². The summed E-state index contributed by atoms with van der Waals surface area (Å²) >= 11 is 0. The van der Waals surface area contributed by atoms with Crippen LogP contribution in [0.1, 0.15) is 26.2 Å². The van der Waals surface area contributed by atoms with E-state index in [1.807, 2.05) is 6.92 Å². The lowest BCUT2D eigenvalue weighted by Gasteiger charge is -2.33. The Balaban J connectivity index is 1.77. The van der Waals surface area contributed by atoms with Gasteiger partial charge < -0.3 is 14.4 Å². The molecule has 0 radical (unpaired) electrons. The molecular weight excluding hydrogens is 318 g/mol. The van der Waals surface area contributed by atoms with E-state index >= 15 is 0 Å². The average molecular weight is 339 g/mol. The van der Waals surface area contributed by atoms with Crippen LogP contribution in [0.4, 0.5) is 0 Å².